The maximum absolute atomic E-state index is 12.7. The molecule has 132 valence electrons. The first-order valence-corrected chi connectivity index (χ1v) is 9.40. The minimum atomic E-state index is -0.372. The minimum absolute atomic E-state index is 0.103. The summed E-state index contributed by atoms with van der Waals surface area (Å²) in [5, 5.41) is 3.33. The lowest BCUT2D eigenvalue weighted by molar-refractivity contribution is -0.158. The number of likely N-dealkylation sites (tertiary alicyclic amines) is 1. The van der Waals surface area contributed by atoms with E-state index in [2.05, 4.69) is 17.5 Å². The van der Waals surface area contributed by atoms with Crippen molar-refractivity contribution in [1.29, 1.82) is 0 Å². The summed E-state index contributed by atoms with van der Waals surface area (Å²) >= 11 is 0. The molecule has 0 bridgehead atoms. The third-order valence-corrected chi connectivity index (χ3v) is 6.65. The molecule has 0 unspecified atom stereocenters. The molecule has 3 fully saturated rings. The fourth-order valence-electron chi connectivity index (χ4n) is 4.84. The predicted molar refractivity (Wildman–Crippen MR) is 90.2 cm³/mol. The molecule has 1 heterocycles. The molecule has 2 saturated carbocycles. The van der Waals surface area contributed by atoms with Crippen LogP contribution in [-0.2, 0) is 14.3 Å². The quantitative estimate of drug-likeness (QED) is 0.784. The zero-order valence-corrected chi connectivity index (χ0v) is 14.6. The predicted octanol–water partition coefficient (Wildman–Crippen LogP) is 2.02. The van der Waals surface area contributed by atoms with Crippen LogP contribution in [0.25, 0.3) is 0 Å². The van der Waals surface area contributed by atoms with Crippen molar-refractivity contribution in [3.05, 3.63) is 12.2 Å². The van der Waals surface area contributed by atoms with E-state index in [1.54, 1.807) is 7.11 Å². The van der Waals surface area contributed by atoms with Gasteiger partial charge in [0.2, 0.25) is 11.8 Å². The van der Waals surface area contributed by atoms with Crippen LogP contribution in [0.2, 0.25) is 0 Å². The van der Waals surface area contributed by atoms with Crippen molar-refractivity contribution in [2.45, 2.75) is 62.5 Å². The van der Waals surface area contributed by atoms with E-state index in [4.69, 9.17) is 4.74 Å². The number of amides is 2. The molecule has 0 aromatic rings. The second kappa shape index (κ2) is 5.87. The summed E-state index contributed by atoms with van der Waals surface area (Å²) in [6.45, 7) is 1.21. The van der Waals surface area contributed by atoms with E-state index in [1.807, 2.05) is 4.90 Å². The number of carbonyl (C=O) groups is 2. The number of rotatable bonds is 5. The molecule has 24 heavy (non-hydrogen) atoms. The van der Waals surface area contributed by atoms with Crippen LogP contribution in [0.4, 0.5) is 0 Å². The van der Waals surface area contributed by atoms with Gasteiger partial charge in [0.05, 0.1) is 5.60 Å². The number of nitrogens with zero attached hydrogens (tertiary/aromatic N) is 1. The Morgan fingerprint density at radius 1 is 1.08 bits per heavy atom. The number of carbonyl (C=O) groups excluding carboxylic acids is 2. The smallest absolute Gasteiger partial charge is 0.226 e. The monoisotopic (exact) mass is 332 g/mol. The zero-order chi connectivity index (χ0) is 16.8. The highest BCUT2D eigenvalue weighted by molar-refractivity contribution is 5.83. The van der Waals surface area contributed by atoms with Gasteiger partial charge in [0, 0.05) is 32.0 Å². The molecular weight excluding hydrogens is 304 g/mol. The van der Waals surface area contributed by atoms with Crippen LogP contribution in [-0.4, -0.2) is 48.1 Å². The molecule has 1 aliphatic heterocycles. The standard InChI is InChI=1S/C19H28N2O3/c1-24-19(10-11-19)18(20-16(22)14-6-2-3-7-14)12-21(13-18)17(23)15-8-4-5-9-15/h4-5,14-15H,2-3,6-13H2,1H3,(H,20,22). The molecule has 0 atom stereocenters. The molecule has 1 N–H and O–H groups in total. The summed E-state index contributed by atoms with van der Waals surface area (Å²) in [5.74, 6) is 0.660. The second-order valence-electron chi connectivity index (χ2n) is 8.09. The summed E-state index contributed by atoms with van der Waals surface area (Å²) in [6.07, 6.45) is 12.1. The molecule has 2 amide bonds. The highest BCUT2D eigenvalue weighted by Gasteiger charge is 2.67. The van der Waals surface area contributed by atoms with Gasteiger partial charge in [-0.15, -0.1) is 0 Å². The third-order valence-electron chi connectivity index (χ3n) is 6.65. The van der Waals surface area contributed by atoms with Crippen molar-refractivity contribution in [2.24, 2.45) is 11.8 Å². The summed E-state index contributed by atoms with van der Waals surface area (Å²) in [4.78, 5) is 27.2. The highest BCUT2D eigenvalue weighted by atomic mass is 16.5. The Balaban J connectivity index is 1.44. The fourth-order valence-corrected chi connectivity index (χ4v) is 4.84. The van der Waals surface area contributed by atoms with Crippen LogP contribution in [0.1, 0.15) is 51.4 Å². The van der Waals surface area contributed by atoms with Gasteiger partial charge in [-0.05, 0) is 38.5 Å². The maximum Gasteiger partial charge on any atom is 0.226 e. The van der Waals surface area contributed by atoms with Crippen molar-refractivity contribution in [1.82, 2.24) is 10.2 Å². The van der Waals surface area contributed by atoms with Gasteiger partial charge in [-0.2, -0.15) is 0 Å². The first kappa shape index (κ1) is 16.1. The molecule has 0 aromatic heterocycles. The fraction of sp³-hybridized carbons (Fsp3) is 0.789. The molecular formula is C19H28N2O3. The Kier molecular flexibility index (Phi) is 3.94. The average Bonchev–Trinajstić information content (AvgIpc) is 2.98. The van der Waals surface area contributed by atoms with Crippen molar-refractivity contribution in [2.75, 3.05) is 20.2 Å². The Labute approximate surface area is 143 Å². The van der Waals surface area contributed by atoms with E-state index >= 15 is 0 Å². The van der Waals surface area contributed by atoms with Gasteiger partial charge in [0.15, 0.2) is 0 Å². The van der Waals surface area contributed by atoms with Gasteiger partial charge in [-0.3, -0.25) is 9.59 Å². The van der Waals surface area contributed by atoms with Crippen molar-refractivity contribution >= 4 is 11.8 Å². The van der Waals surface area contributed by atoms with E-state index in [-0.39, 0.29) is 34.8 Å². The van der Waals surface area contributed by atoms with E-state index in [0.717, 1.165) is 51.4 Å². The van der Waals surface area contributed by atoms with Crippen LogP contribution in [0.15, 0.2) is 12.2 Å². The Morgan fingerprint density at radius 2 is 1.71 bits per heavy atom. The van der Waals surface area contributed by atoms with Crippen LogP contribution in [0.3, 0.4) is 0 Å². The lowest BCUT2D eigenvalue weighted by Crippen LogP contribution is -2.78. The molecule has 5 nitrogen and oxygen atoms in total. The van der Waals surface area contributed by atoms with Gasteiger partial charge in [-0.25, -0.2) is 0 Å². The highest BCUT2D eigenvalue weighted by Crippen LogP contribution is 2.52. The minimum Gasteiger partial charge on any atom is -0.376 e. The maximum atomic E-state index is 12.7. The van der Waals surface area contributed by atoms with E-state index < -0.39 is 0 Å². The zero-order valence-electron chi connectivity index (χ0n) is 14.6. The Morgan fingerprint density at radius 3 is 2.25 bits per heavy atom. The number of allylic oxidation sites excluding steroid dienone is 2. The van der Waals surface area contributed by atoms with E-state index in [9.17, 15) is 9.59 Å². The number of hydrogen-bond donors (Lipinski definition) is 1. The van der Waals surface area contributed by atoms with Crippen LogP contribution in [0.5, 0.6) is 0 Å². The molecule has 4 aliphatic rings. The molecule has 3 aliphatic carbocycles. The van der Waals surface area contributed by atoms with Crippen molar-refractivity contribution in [3.63, 3.8) is 0 Å². The Hall–Kier alpha value is -1.36. The number of ether oxygens (including phenoxy) is 1. The number of nitrogens with one attached hydrogen (secondary N) is 1. The molecule has 1 saturated heterocycles. The van der Waals surface area contributed by atoms with Gasteiger partial charge in [0.1, 0.15) is 5.54 Å². The topological polar surface area (TPSA) is 58.6 Å². The van der Waals surface area contributed by atoms with E-state index in [0.29, 0.717) is 13.1 Å². The van der Waals surface area contributed by atoms with E-state index in [1.165, 1.54) is 0 Å². The summed E-state index contributed by atoms with van der Waals surface area (Å²) in [6, 6.07) is 0. The van der Waals surface area contributed by atoms with Crippen molar-refractivity contribution < 1.29 is 14.3 Å². The molecule has 0 aromatic carbocycles. The summed E-state index contributed by atoms with van der Waals surface area (Å²) in [5.41, 5.74) is -0.630. The van der Waals surface area contributed by atoms with Gasteiger partial charge < -0.3 is 15.0 Å². The van der Waals surface area contributed by atoms with Crippen molar-refractivity contribution in [3.8, 4) is 0 Å². The molecule has 0 radical (unpaired) electrons. The summed E-state index contributed by atoms with van der Waals surface area (Å²) < 4.78 is 5.81. The third kappa shape index (κ3) is 2.48. The van der Waals surface area contributed by atoms with Crippen LogP contribution < -0.4 is 5.32 Å². The van der Waals surface area contributed by atoms with Crippen LogP contribution in [0, 0.1) is 11.8 Å². The Bertz CT molecular complexity index is 547. The van der Waals surface area contributed by atoms with Gasteiger partial charge in [-0.1, -0.05) is 25.0 Å². The SMILES string of the molecule is COC1(C2(NC(=O)C3CCCC3)CN(C(=O)C3CC=CC3)C2)CC1. The number of hydrogen-bond acceptors (Lipinski definition) is 3. The largest absolute Gasteiger partial charge is 0.376 e. The second-order valence-corrected chi connectivity index (χ2v) is 8.09. The average molecular weight is 332 g/mol. The van der Waals surface area contributed by atoms with Gasteiger partial charge in [0.25, 0.3) is 0 Å². The lowest BCUT2D eigenvalue weighted by atomic mass is 9.79. The lowest BCUT2D eigenvalue weighted by Gasteiger charge is -2.55. The molecule has 4 rings (SSSR count). The molecule has 0 spiro atoms. The first-order chi connectivity index (χ1) is 11.6. The normalized spacial score (nSPS) is 28.0. The van der Waals surface area contributed by atoms with Gasteiger partial charge >= 0.3 is 0 Å². The first-order valence-electron chi connectivity index (χ1n) is 9.40. The summed E-state index contributed by atoms with van der Waals surface area (Å²) in [7, 11) is 1.74. The number of methoxy groups -OCH3 is 1. The van der Waals surface area contributed by atoms with Crippen LogP contribution >= 0.6 is 0 Å². The molecule has 5 heteroatoms.